The standard InChI is InChI=1S/C8H21N3/c1-3-4-8(5-9,6-10)7-11-2/h11H,3-7,9-10H2,1-2H3/p+3. The third kappa shape index (κ3) is 3.18. The molecule has 0 bridgehead atoms. The average molecular weight is 162 g/mol. The van der Waals surface area contributed by atoms with Crippen LogP contribution in [0, 0.1) is 5.41 Å². The van der Waals surface area contributed by atoms with E-state index in [4.69, 9.17) is 0 Å². The van der Waals surface area contributed by atoms with Gasteiger partial charge in [0.05, 0.1) is 26.7 Å². The van der Waals surface area contributed by atoms with E-state index in [2.05, 4.69) is 30.8 Å². The second-order valence-electron chi connectivity index (χ2n) is 3.36. The molecular weight excluding hydrogens is 138 g/mol. The van der Waals surface area contributed by atoms with Crippen LogP contribution in [0.1, 0.15) is 19.8 Å². The van der Waals surface area contributed by atoms with E-state index in [9.17, 15) is 0 Å². The second kappa shape index (κ2) is 5.52. The van der Waals surface area contributed by atoms with Crippen molar-refractivity contribution in [2.75, 3.05) is 26.7 Å². The van der Waals surface area contributed by atoms with Crippen molar-refractivity contribution >= 4 is 0 Å². The molecule has 0 spiro atoms. The van der Waals surface area contributed by atoms with Gasteiger partial charge in [-0.3, -0.25) is 0 Å². The largest absolute Gasteiger partial charge is 0.357 e. The highest BCUT2D eigenvalue weighted by Crippen LogP contribution is 2.16. The highest BCUT2D eigenvalue weighted by atomic mass is 14.9. The smallest absolute Gasteiger partial charge is 0.116 e. The summed E-state index contributed by atoms with van der Waals surface area (Å²) in [6.45, 7) is 5.45. The van der Waals surface area contributed by atoms with E-state index in [0.29, 0.717) is 5.41 Å². The summed E-state index contributed by atoms with van der Waals surface area (Å²) in [6, 6.07) is 0. The van der Waals surface area contributed by atoms with Crippen LogP contribution in [0.5, 0.6) is 0 Å². The summed E-state index contributed by atoms with van der Waals surface area (Å²) in [4.78, 5) is 0. The van der Waals surface area contributed by atoms with Crippen molar-refractivity contribution in [3.63, 3.8) is 0 Å². The van der Waals surface area contributed by atoms with Gasteiger partial charge < -0.3 is 16.8 Å². The molecule has 0 rings (SSSR count). The summed E-state index contributed by atoms with van der Waals surface area (Å²) in [5.74, 6) is 0. The Balaban J connectivity index is 3.96. The Labute approximate surface area is 69.5 Å². The zero-order valence-corrected chi connectivity index (χ0v) is 8.03. The van der Waals surface area contributed by atoms with E-state index >= 15 is 0 Å². The molecule has 0 saturated heterocycles. The van der Waals surface area contributed by atoms with E-state index in [0.717, 1.165) is 13.1 Å². The van der Waals surface area contributed by atoms with Crippen molar-refractivity contribution in [1.29, 1.82) is 0 Å². The van der Waals surface area contributed by atoms with Gasteiger partial charge in [-0.1, -0.05) is 13.3 Å². The van der Waals surface area contributed by atoms with Crippen molar-refractivity contribution in [2.24, 2.45) is 5.41 Å². The fourth-order valence-corrected chi connectivity index (χ4v) is 1.64. The number of hydrogen-bond acceptors (Lipinski definition) is 0. The maximum absolute atomic E-state index is 4.01. The molecule has 0 amide bonds. The van der Waals surface area contributed by atoms with Gasteiger partial charge in [-0.25, -0.2) is 0 Å². The highest BCUT2D eigenvalue weighted by Gasteiger charge is 2.32. The molecule has 0 saturated carbocycles. The van der Waals surface area contributed by atoms with E-state index in [-0.39, 0.29) is 0 Å². The van der Waals surface area contributed by atoms with Crippen molar-refractivity contribution in [3.8, 4) is 0 Å². The van der Waals surface area contributed by atoms with Gasteiger partial charge in [0.1, 0.15) is 5.41 Å². The fraction of sp³-hybridized carbons (Fsp3) is 1.00. The van der Waals surface area contributed by atoms with Crippen LogP contribution < -0.4 is 16.8 Å². The maximum atomic E-state index is 4.01. The van der Waals surface area contributed by atoms with Gasteiger partial charge in [0.15, 0.2) is 0 Å². The maximum Gasteiger partial charge on any atom is 0.116 e. The van der Waals surface area contributed by atoms with E-state index in [1.165, 1.54) is 19.4 Å². The SMILES string of the molecule is CCCC(C[NH3+])(C[NH3+])C[NH2+]C. The lowest BCUT2D eigenvalue weighted by Crippen LogP contribution is -2.87. The molecule has 0 aromatic heterocycles. The monoisotopic (exact) mass is 162 g/mol. The lowest BCUT2D eigenvalue weighted by Gasteiger charge is -2.23. The van der Waals surface area contributed by atoms with Crippen LogP contribution >= 0.6 is 0 Å². The predicted octanol–water partition coefficient (Wildman–Crippen LogP) is -2.55. The summed E-state index contributed by atoms with van der Waals surface area (Å²) in [5, 5.41) is 2.24. The zero-order valence-electron chi connectivity index (χ0n) is 8.03. The second-order valence-corrected chi connectivity index (χ2v) is 3.36. The molecule has 8 N–H and O–H groups in total. The van der Waals surface area contributed by atoms with Crippen LogP contribution in [-0.2, 0) is 0 Å². The Bertz CT molecular complexity index is 81.3. The first kappa shape index (κ1) is 10.9. The normalized spacial score (nSPS) is 12.0. The molecule has 0 fully saturated rings. The van der Waals surface area contributed by atoms with Gasteiger partial charge in [-0.15, -0.1) is 0 Å². The summed E-state index contributed by atoms with van der Waals surface area (Å²) in [5.41, 5.74) is 8.42. The Morgan fingerprint density at radius 1 is 1.27 bits per heavy atom. The molecule has 3 heteroatoms. The molecule has 0 unspecified atom stereocenters. The third-order valence-electron chi connectivity index (χ3n) is 2.48. The molecule has 3 nitrogen and oxygen atoms in total. The summed E-state index contributed by atoms with van der Waals surface area (Å²) in [6.07, 6.45) is 2.52. The third-order valence-corrected chi connectivity index (χ3v) is 2.48. The van der Waals surface area contributed by atoms with E-state index in [1.54, 1.807) is 0 Å². The molecule has 0 aliphatic rings. The molecule has 0 aliphatic heterocycles. The van der Waals surface area contributed by atoms with Crippen LogP contribution in [0.3, 0.4) is 0 Å². The summed E-state index contributed by atoms with van der Waals surface area (Å²) < 4.78 is 0. The Hall–Kier alpha value is -0.120. The topological polar surface area (TPSA) is 71.9 Å². The number of quaternary nitrogens is 3. The highest BCUT2D eigenvalue weighted by molar-refractivity contribution is 4.74. The van der Waals surface area contributed by atoms with Crippen molar-refractivity contribution in [3.05, 3.63) is 0 Å². The Morgan fingerprint density at radius 3 is 2.09 bits per heavy atom. The van der Waals surface area contributed by atoms with Crippen LogP contribution in [-0.4, -0.2) is 26.7 Å². The molecule has 0 heterocycles. The molecular formula is C8H24N3+3. The molecule has 11 heavy (non-hydrogen) atoms. The van der Waals surface area contributed by atoms with Crippen LogP contribution in [0.4, 0.5) is 0 Å². The van der Waals surface area contributed by atoms with Crippen molar-refractivity contribution in [1.82, 2.24) is 0 Å². The van der Waals surface area contributed by atoms with Crippen molar-refractivity contribution < 1.29 is 16.8 Å². The number of nitrogens with two attached hydrogens (primary N) is 1. The Kier molecular flexibility index (Phi) is 5.46. The van der Waals surface area contributed by atoms with Crippen LogP contribution in [0.25, 0.3) is 0 Å². The molecule has 0 aromatic carbocycles. The van der Waals surface area contributed by atoms with Gasteiger partial charge in [-0.05, 0) is 6.42 Å². The van der Waals surface area contributed by atoms with Crippen molar-refractivity contribution in [2.45, 2.75) is 19.8 Å². The van der Waals surface area contributed by atoms with Crippen LogP contribution in [0.2, 0.25) is 0 Å². The molecule has 68 valence electrons. The van der Waals surface area contributed by atoms with Crippen LogP contribution in [0.15, 0.2) is 0 Å². The van der Waals surface area contributed by atoms with E-state index in [1.807, 2.05) is 0 Å². The van der Waals surface area contributed by atoms with Gasteiger partial charge in [0.25, 0.3) is 0 Å². The first-order valence-electron chi connectivity index (χ1n) is 4.61. The lowest BCUT2D eigenvalue weighted by molar-refractivity contribution is -0.650. The van der Waals surface area contributed by atoms with Gasteiger partial charge in [0.2, 0.25) is 0 Å². The molecule has 0 aromatic rings. The fourth-order valence-electron chi connectivity index (χ4n) is 1.64. The molecule has 0 atom stereocenters. The number of hydrogen-bond donors (Lipinski definition) is 3. The van der Waals surface area contributed by atoms with Gasteiger partial charge in [-0.2, -0.15) is 0 Å². The summed E-state index contributed by atoms with van der Waals surface area (Å²) >= 11 is 0. The molecule has 0 radical (unpaired) electrons. The number of rotatable bonds is 6. The predicted molar refractivity (Wildman–Crippen MR) is 45.6 cm³/mol. The first-order chi connectivity index (χ1) is 5.24. The first-order valence-corrected chi connectivity index (χ1v) is 4.61. The quantitative estimate of drug-likeness (QED) is 0.385. The van der Waals surface area contributed by atoms with Gasteiger partial charge in [0, 0.05) is 0 Å². The molecule has 0 aliphatic carbocycles. The zero-order chi connectivity index (χ0) is 8.74. The lowest BCUT2D eigenvalue weighted by atomic mass is 9.83. The minimum Gasteiger partial charge on any atom is -0.357 e. The van der Waals surface area contributed by atoms with E-state index < -0.39 is 0 Å². The average Bonchev–Trinajstić information content (AvgIpc) is 2.04. The minimum atomic E-state index is 0.406. The summed E-state index contributed by atoms with van der Waals surface area (Å²) in [7, 11) is 2.12. The minimum absolute atomic E-state index is 0.406. The Morgan fingerprint density at radius 2 is 1.82 bits per heavy atom. The van der Waals surface area contributed by atoms with Gasteiger partial charge >= 0.3 is 0 Å².